The van der Waals surface area contributed by atoms with Gasteiger partial charge in [0, 0.05) is 35.9 Å². The molecule has 0 aliphatic carbocycles. The Hall–Kier alpha value is -1.74. The minimum atomic E-state index is -1.05. The molecule has 0 spiro atoms. The van der Waals surface area contributed by atoms with Gasteiger partial charge in [0.1, 0.15) is 5.60 Å². The Kier molecular flexibility index (Phi) is 2.71. The molecule has 0 radical (unpaired) electrons. The fourth-order valence-corrected chi connectivity index (χ4v) is 1.64. The van der Waals surface area contributed by atoms with E-state index in [2.05, 4.69) is 9.97 Å². The largest absolute Gasteiger partial charge is 0.381 e. The maximum atomic E-state index is 10.5. The molecule has 2 aromatic rings. The molecule has 2 aromatic heterocycles. The van der Waals surface area contributed by atoms with Crippen LogP contribution in [0.5, 0.6) is 0 Å². The third kappa shape index (κ3) is 1.95. The standard InChI is InChI=1S/C13H14N2O/c1-10-6-12(9-15-7-10)13(2,16)11-4-3-5-14-8-11/h3-9,16H,1-2H3. The van der Waals surface area contributed by atoms with E-state index in [-0.39, 0.29) is 0 Å². The van der Waals surface area contributed by atoms with Gasteiger partial charge < -0.3 is 5.11 Å². The predicted molar refractivity (Wildman–Crippen MR) is 61.9 cm³/mol. The number of nitrogens with zero attached hydrogens (tertiary/aromatic N) is 2. The van der Waals surface area contributed by atoms with E-state index in [1.807, 2.05) is 25.1 Å². The Morgan fingerprint density at radius 3 is 2.50 bits per heavy atom. The van der Waals surface area contributed by atoms with E-state index in [1.54, 1.807) is 31.7 Å². The van der Waals surface area contributed by atoms with Gasteiger partial charge >= 0.3 is 0 Å². The monoisotopic (exact) mass is 214 g/mol. The summed E-state index contributed by atoms with van der Waals surface area (Å²) in [5.41, 5.74) is 1.53. The summed E-state index contributed by atoms with van der Waals surface area (Å²) in [7, 11) is 0. The van der Waals surface area contributed by atoms with Gasteiger partial charge in [-0.1, -0.05) is 6.07 Å². The quantitative estimate of drug-likeness (QED) is 0.832. The molecule has 2 heterocycles. The summed E-state index contributed by atoms with van der Waals surface area (Å²) >= 11 is 0. The number of hydrogen-bond donors (Lipinski definition) is 1. The third-order valence-corrected chi connectivity index (χ3v) is 2.66. The van der Waals surface area contributed by atoms with Crippen molar-refractivity contribution in [2.45, 2.75) is 19.4 Å². The summed E-state index contributed by atoms with van der Waals surface area (Å²) < 4.78 is 0. The zero-order valence-electron chi connectivity index (χ0n) is 9.38. The van der Waals surface area contributed by atoms with Crippen LogP contribution in [0.3, 0.4) is 0 Å². The van der Waals surface area contributed by atoms with Gasteiger partial charge in [-0.2, -0.15) is 0 Å². The van der Waals surface area contributed by atoms with Gasteiger partial charge in [0.2, 0.25) is 0 Å². The van der Waals surface area contributed by atoms with Crippen molar-refractivity contribution in [2.75, 3.05) is 0 Å². The van der Waals surface area contributed by atoms with Gasteiger partial charge in [0.25, 0.3) is 0 Å². The number of aryl methyl sites for hydroxylation is 1. The van der Waals surface area contributed by atoms with Gasteiger partial charge in [-0.15, -0.1) is 0 Å². The molecule has 0 aromatic carbocycles. The minimum absolute atomic E-state index is 0.766. The lowest BCUT2D eigenvalue weighted by molar-refractivity contribution is 0.101. The molecule has 3 heteroatoms. The Morgan fingerprint density at radius 1 is 1.12 bits per heavy atom. The van der Waals surface area contributed by atoms with E-state index in [0.29, 0.717) is 0 Å². The van der Waals surface area contributed by atoms with Crippen molar-refractivity contribution in [3.8, 4) is 0 Å². The second-order valence-electron chi connectivity index (χ2n) is 4.06. The molecule has 1 atom stereocenters. The van der Waals surface area contributed by atoms with Crippen LogP contribution in [0.1, 0.15) is 23.6 Å². The summed E-state index contributed by atoms with van der Waals surface area (Å²) in [4.78, 5) is 8.11. The molecule has 0 saturated heterocycles. The van der Waals surface area contributed by atoms with Crippen LogP contribution in [0.25, 0.3) is 0 Å². The lowest BCUT2D eigenvalue weighted by Crippen LogP contribution is -2.23. The van der Waals surface area contributed by atoms with Gasteiger partial charge in [-0.25, -0.2) is 0 Å². The number of rotatable bonds is 2. The predicted octanol–water partition coefficient (Wildman–Crippen LogP) is 2.04. The number of pyridine rings is 2. The second kappa shape index (κ2) is 4.02. The Balaban J connectivity index is 2.47. The molecule has 1 unspecified atom stereocenters. The van der Waals surface area contributed by atoms with Crippen molar-refractivity contribution in [3.63, 3.8) is 0 Å². The van der Waals surface area contributed by atoms with Crippen LogP contribution in [-0.4, -0.2) is 15.1 Å². The first-order valence-electron chi connectivity index (χ1n) is 5.16. The average molecular weight is 214 g/mol. The molecular weight excluding hydrogens is 200 g/mol. The van der Waals surface area contributed by atoms with Crippen LogP contribution in [0.15, 0.2) is 43.0 Å². The highest BCUT2D eigenvalue weighted by molar-refractivity contribution is 5.33. The Bertz CT molecular complexity index is 480. The van der Waals surface area contributed by atoms with Gasteiger partial charge in [0.05, 0.1) is 0 Å². The summed E-state index contributed by atoms with van der Waals surface area (Å²) in [5, 5.41) is 10.5. The number of aliphatic hydroxyl groups is 1. The fraction of sp³-hybridized carbons (Fsp3) is 0.231. The first-order chi connectivity index (χ1) is 7.60. The van der Waals surface area contributed by atoms with Crippen molar-refractivity contribution < 1.29 is 5.11 Å². The van der Waals surface area contributed by atoms with E-state index in [1.165, 1.54) is 0 Å². The highest BCUT2D eigenvalue weighted by atomic mass is 16.3. The van der Waals surface area contributed by atoms with Crippen LogP contribution < -0.4 is 0 Å². The lowest BCUT2D eigenvalue weighted by atomic mass is 9.90. The molecule has 0 amide bonds. The van der Waals surface area contributed by atoms with E-state index >= 15 is 0 Å². The van der Waals surface area contributed by atoms with Crippen LogP contribution in [-0.2, 0) is 5.60 Å². The smallest absolute Gasteiger partial charge is 0.115 e. The van der Waals surface area contributed by atoms with E-state index in [4.69, 9.17) is 0 Å². The molecule has 3 nitrogen and oxygen atoms in total. The topological polar surface area (TPSA) is 46.0 Å². The lowest BCUT2D eigenvalue weighted by Gasteiger charge is -2.23. The molecule has 82 valence electrons. The first-order valence-corrected chi connectivity index (χ1v) is 5.16. The highest BCUT2D eigenvalue weighted by Crippen LogP contribution is 2.27. The van der Waals surface area contributed by atoms with Crippen LogP contribution in [0, 0.1) is 6.92 Å². The molecule has 0 aliphatic rings. The van der Waals surface area contributed by atoms with Crippen LogP contribution >= 0.6 is 0 Å². The van der Waals surface area contributed by atoms with Crippen molar-refractivity contribution >= 4 is 0 Å². The van der Waals surface area contributed by atoms with Crippen molar-refractivity contribution in [1.82, 2.24) is 9.97 Å². The first kappa shape index (κ1) is 10.8. The number of hydrogen-bond acceptors (Lipinski definition) is 3. The van der Waals surface area contributed by atoms with Gasteiger partial charge in [0.15, 0.2) is 0 Å². The third-order valence-electron chi connectivity index (χ3n) is 2.66. The normalized spacial score (nSPS) is 14.4. The zero-order chi connectivity index (χ0) is 11.6. The molecule has 0 aliphatic heterocycles. The minimum Gasteiger partial charge on any atom is -0.381 e. The van der Waals surface area contributed by atoms with Crippen molar-refractivity contribution in [3.05, 3.63) is 59.7 Å². The van der Waals surface area contributed by atoms with Crippen molar-refractivity contribution in [1.29, 1.82) is 0 Å². The Labute approximate surface area is 94.8 Å². The summed E-state index contributed by atoms with van der Waals surface area (Å²) in [6.45, 7) is 3.70. The van der Waals surface area contributed by atoms with E-state index in [0.717, 1.165) is 16.7 Å². The van der Waals surface area contributed by atoms with E-state index < -0.39 is 5.60 Å². The molecule has 16 heavy (non-hydrogen) atoms. The maximum absolute atomic E-state index is 10.5. The summed E-state index contributed by atoms with van der Waals surface area (Å²) in [5.74, 6) is 0. The number of aromatic nitrogens is 2. The van der Waals surface area contributed by atoms with E-state index in [9.17, 15) is 5.11 Å². The van der Waals surface area contributed by atoms with Crippen molar-refractivity contribution in [2.24, 2.45) is 0 Å². The Morgan fingerprint density at radius 2 is 1.88 bits per heavy atom. The molecule has 0 bridgehead atoms. The molecular formula is C13H14N2O. The molecule has 0 fully saturated rings. The zero-order valence-corrected chi connectivity index (χ0v) is 9.38. The summed E-state index contributed by atoms with van der Waals surface area (Å²) in [6.07, 6.45) is 6.80. The van der Waals surface area contributed by atoms with Crippen LogP contribution in [0.4, 0.5) is 0 Å². The molecule has 1 N–H and O–H groups in total. The molecule has 0 saturated carbocycles. The molecule has 2 rings (SSSR count). The average Bonchev–Trinajstić information content (AvgIpc) is 2.30. The highest BCUT2D eigenvalue weighted by Gasteiger charge is 2.26. The fourth-order valence-electron chi connectivity index (χ4n) is 1.64. The summed E-state index contributed by atoms with van der Waals surface area (Å²) in [6, 6.07) is 5.60. The van der Waals surface area contributed by atoms with Gasteiger partial charge in [-0.05, 0) is 31.5 Å². The SMILES string of the molecule is Cc1cncc(C(C)(O)c2cccnc2)c1. The van der Waals surface area contributed by atoms with Gasteiger partial charge in [-0.3, -0.25) is 9.97 Å². The second-order valence-corrected chi connectivity index (χ2v) is 4.06. The van der Waals surface area contributed by atoms with Crippen LogP contribution in [0.2, 0.25) is 0 Å². The maximum Gasteiger partial charge on any atom is 0.115 e.